The Kier molecular flexibility index (Phi) is 4.34. The zero-order chi connectivity index (χ0) is 16.2. The van der Waals surface area contributed by atoms with E-state index in [2.05, 4.69) is 20.4 Å². The molecule has 0 fully saturated rings. The number of hydrogen-bond donors (Lipinski definition) is 1. The maximum Gasteiger partial charge on any atom is 0.251 e. The molecule has 3 rings (SSSR count). The molecule has 0 spiro atoms. The van der Waals surface area contributed by atoms with Crippen LogP contribution in [0.3, 0.4) is 0 Å². The molecule has 1 amide bonds. The summed E-state index contributed by atoms with van der Waals surface area (Å²) in [6.07, 6.45) is 4.62. The van der Waals surface area contributed by atoms with E-state index >= 15 is 0 Å². The number of nitrogens with one attached hydrogen (secondary N) is 1. The van der Waals surface area contributed by atoms with Gasteiger partial charge in [0.15, 0.2) is 0 Å². The Morgan fingerprint density at radius 2 is 2.04 bits per heavy atom. The number of carbonyl (C=O) groups excluding carboxylic acids is 1. The Balaban J connectivity index is 1.70. The van der Waals surface area contributed by atoms with Gasteiger partial charge in [0.05, 0.1) is 11.7 Å². The van der Waals surface area contributed by atoms with Crippen LogP contribution >= 0.6 is 11.6 Å². The highest BCUT2D eigenvalue weighted by Gasteiger charge is 2.12. The van der Waals surface area contributed by atoms with Gasteiger partial charge in [-0.25, -0.2) is 14.6 Å². The van der Waals surface area contributed by atoms with E-state index in [0.29, 0.717) is 10.7 Å². The predicted molar refractivity (Wildman–Crippen MR) is 86.5 cm³/mol. The first-order valence-electron chi connectivity index (χ1n) is 7.01. The summed E-state index contributed by atoms with van der Waals surface area (Å²) in [5, 5.41) is 7.30. The molecule has 1 aromatic carbocycles. The highest BCUT2D eigenvalue weighted by Crippen LogP contribution is 2.16. The molecule has 0 unspecified atom stereocenters. The molecule has 7 heteroatoms. The largest absolute Gasteiger partial charge is 0.346 e. The van der Waals surface area contributed by atoms with E-state index in [4.69, 9.17) is 11.6 Å². The Bertz CT molecular complexity index is 802. The SMILES string of the molecule is C[C@H](NC(=O)c1ccnc(Cl)c1)c1ccc(-n2cncn2)cc1. The molecule has 0 radical (unpaired) electrons. The van der Waals surface area contributed by atoms with Crippen LogP contribution in [0.1, 0.15) is 28.9 Å². The number of halogens is 1. The van der Waals surface area contributed by atoms with Crippen LogP contribution in [-0.4, -0.2) is 25.7 Å². The van der Waals surface area contributed by atoms with E-state index in [-0.39, 0.29) is 11.9 Å². The minimum absolute atomic E-state index is 0.140. The Morgan fingerprint density at radius 3 is 2.70 bits per heavy atom. The van der Waals surface area contributed by atoms with Crippen molar-refractivity contribution in [3.8, 4) is 5.69 Å². The van der Waals surface area contributed by atoms with Crippen LogP contribution in [0.5, 0.6) is 0 Å². The zero-order valence-corrected chi connectivity index (χ0v) is 13.1. The highest BCUT2D eigenvalue weighted by molar-refractivity contribution is 6.29. The molecule has 116 valence electrons. The van der Waals surface area contributed by atoms with Gasteiger partial charge < -0.3 is 5.32 Å². The number of amides is 1. The lowest BCUT2D eigenvalue weighted by Crippen LogP contribution is -2.26. The lowest BCUT2D eigenvalue weighted by molar-refractivity contribution is 0.0940. The quantitative estimate of drug-likeness (QED) is 0.748. The number of rotatable bonds is 4. The van der Waals surface area contributed by atoms with Gasteiger partial charge in [-0.15, -0.1) is 0 Å². The van der Waals surface area contributed by atoms with Crippen LogP contribution in [0.2, 0.25) is 5.15 Å². The zero-order valence-electron chi connectivity index (χ0n) is 12.3. The average Bonchev–Trinajstić information content (AvgIpc) is 3.09. The molecule has 0 aliphatic carbocycles. The molecule has 0 aliphatic heterocycles. The summed E-state index contributed by atoms with van der Waals surface area (Å²) < 4.78 is 1.67. The van der Waals surface area contributed by atoms with Crippen LogP contribution in [0.4, 0.5) is 0 Å². The fourth-order valence-electron chi connectivity index (χ4n) is 2.16. The third kappa shape index (κ3) is 3.54. The van der Waals surface area contributed by atoms with Gasteiger partial charge in [-0.3, -0.25) is 4.79 Å². The predicted octanol–water partition coefficient (Wildman–Crippen LogP) is 2.81. The minimum Gasteiger partial charge on any atom is -0.346 e. The Labute approximate surface area is 138 Å². The van der Waals surface area contributed by atoms with E-state index in [1.807, 2.05) is 31.2 Å². The third-order valence-electron chi connectivity index (χ3n) is 3.41. The van der Waals surface area contributed by atoms with Gasteiger partial charge >= 0.3 is 0 Å². The van der Waals surface area contributed by atoms with Crippen molar-refractivity contribution in [2.75, 3.05) is 0 Å². The van der Waals surface area contributed by atoms with Gasteiger partial charge in [0.1, 0.15) is 17.8 Å². The van der Waals surface area contributed by atoms with E-state index in [1.165, 1.54) is 18.6 Å². The summed E-state index contributed by atoms with van der Waals surface area (Å²) in [5.41, 5.74) is 2.38. The lowest BCUT2D eigenvalue weighted by Gasteiger charge is -2.15. The van der Waals surface area contributed by atoms with Crippen molar-refractivity contribution in [1.82, 2.24) is 25.1 Å². The molecule has 2 aromatic heterocycles. The summed E-state index contributed by atoms with van der Waals surface area (Å²) >= 11 is 5.80. The second kappa shape index (κ2) is 6.58. The number of benzene rings is 1. The molecule has 3 aromatic rings. The maximum atomic E-state index is 12.2. The first-order chi connectivity index (χ1) is 11.1. The first kappa shape index (κ1) is 15.2. The number of nitrogens with zero attached hydrogens (tertiary/aromatic N) is 4. The fraction of sp³-hybridized carbons (Fsp3) is 0.125. The molecular formula is C16H14ClN5O. The van der Waals surface area contributed by atoms with Crippen molar-refractivity contribution in [3.05, 3.63) is 71.5 Å². The summed E-state index contributed by atoms with van der Waals surface area (Å²) in [6, 6.07) is 10.8. The molecule has 0 aliphatic rings. The van der Waals surface area contributed by atoms with E-state index in [1.54, 1.807) is 17.1 Å². The van der Waals surface area contributed by atoms with E-state index in [9.17, 15) is 4.79 Å². The molecule has 0 bridgehead atoms. The molecule has 0 saturated carbocycles. The van der Waals surface area contributed by atoms with Gasteiger partial charge in [-0.1, -0.05) is 23.7 Å². The number of carbonyl (C=O) groups is 1. The van der Waals surface area contributed by atoms with Crippen LogP contribution < -0.4 is 5.32 Å². The molecule has 1 N–H and O–H groups in total. The summed E-state index contributed by atoms with van der Waals surface area (Å²) in [4.78, 5) is 20.0. The molecule has 0 saturated heterocycles. The highest BCUT2D eigenvalue weighted by atomic mass is 35.5. The Morgan fingerprint density at radius 1 is 1.26 bits per heavy atom. The van der Waals surface area contributed by atoms with Crippen molar-refractivity contribution in [2.45, 2.75) is 13.0 Å². The van der Waals surface area contributed by atoms with Gasteiger partial charge in [-0.05, 0) is 36.8 Å². The topological polar surface area (TPSA) is 72.7 Å². The second-order valence-electron chi connectivity index (χ2n) is 4.99. The van der Waals surface area contributed by atoms with E-state index < -0.39 is 0 Å². The van der Waals surface area contributed by atoms with Crippen LogP contribution in [0.15, 0.2) is 55.2 Å². The summed E-state index contributed by atoms with van der Waals surface area (Å²) in [7, 11) is 0. The van der Waals surface area contributed by atoms with Gasteiger partial charge in [0, 0.05) is 11.8 Å². The molecular weight excluding hydrogens is 314 g/mol. The average molecular weight is 328 g/mol. The number of pyridine rings is 1. The van der Waals surface area contributed by atoms with Crippen molar-refractivity contribution >= 4 is 17.5 Å². The minimum atomic E-state index is -0.192. The summed E-state index contributed by atoms with van der Waals surface area (Å²) in [6.45, 7) is 1.92. The van der Waals surface area contributed by atoms with Crippen LogP contribution in [0, 0.1) is 0 Å². The molecule has 1 atom stereocenters. The lowest BCUT2D eigenvalue weighted by atomic mass is 10.1. The molecule has 6 nitrogen and oxygen atoms in total. The van der Waals surface area contributed by atoms with Crippen molar-refractivity contribution in [2.24, 2.45) is 0 Å². The Hall–Kier alpha value is -2.73. The van der Waals surface area contributed by atoms with E-state index in [0.717, 1.165) is 11.3 Å². The monoisotopic (exact) mass is 327 g/mol. The van der Waals surface area contributed by atoms with Crippen molar-refractivity contribution in [1.29, 1.82) is 0 Å². The van der Waals surface area contributed by atoms with Crippen molar-refractivity contribution in [3.63, 3.8) is 0 Å². The van der Waals surface area contributed by atoms with Crippen LogP contribution in [-0.2, 0) is 0 Å². The summed E-state index contributed by atoms with van der Waals surface area (Å²) in [5.74, 6) is -0.192. The maximum absolute atomic E-state index is 12.2. The fourth-order valence-corrected chi connectivity index (χ4v) is 2.34. The standard InChI is InChI=1S/C16H14ClN5O/c1-11(21-16(23)13-6-7-19-15(17)8-13)12-2-4-14(5-3-12)22-10-18-9-20-22/h2-11H,1H3,(H,21,23)/t11-/m0/s1. The van der Waals surface area contributed by atoms with Crippen LogP contribution in [0.25, 0.3) is 5.69 Å². The molecule has 2 heterocycles. The van der Waals surface area contributed by atoms with Gasteiger partial charge in [-0.2, -0.15) is 5.10 Å². The smallest absolute Gasteiger partial charge is 0.251 e. The van der Waals surface area contributed by atoms with Crippen molar-refractivity contribution < 1.29 is 4.79 Å². The number of hydrogen-bond acceptors (Lipinski definition) is 4. The van der Waals surface area contributed by atoms with Gasteiger partial charge in [0.2, 0.25) is 0 Å². The van der Waals surface area contributed by atoms with Gasteiger partial charge in [0.25, 0.3) is 5.91 Å². The second-order valence-corrected chi connectivity index (χ2v) is 5.38. The third-order valence-corrected chi connectivity index (χ3v) is 3.62. The number of aromatic nitrogens is 4. The molecule has 23 heavy (non-hydrogen) atoms. The normalized spacial score (nSPS) is 11.9. The first-order valence-corrected chi connectivity index (χ1v) is 7.38.